The Morgan fingerprint density at radius 3 is 1.96 bits per heavy atom. The maximum atomic E-state index is 14.5. The first kappa shape index (κ1) is 75.8. The van der Waals surface area contributed by atoms with Crippen molar-refractivity contribution >= 4 is 104 Å². The van der Waals surface area contributed by atoms with Gasteiger partial charge in [-0.25, -0.2) is 9.59 Å². The molecule has 1 aromatic heterocycles. The van der Waals surface area contributed by atoms with Crippen molar-refractivity contribution in [3.8, 4) is 5.75 Å². The van der Waals surface area contributed by atoms with Gasteiger partial charge in [-0.1, -0.05) is 68.4 Å². The zero-order chi connectivity index (χ0) is 70.8. The van der Waals surface area contributed by atoms with Gasteiger partial charge in [-0.2, -0.15) is 0 Å². The van der Waals surface area contributed by atoms with Crippen molar-refractivity contribution in [1.29, 1.82) is 0 Å². The Hall–Kier alpha value is -8.92. The van der Waals surface area contributed by atoms with Crippen LogP contribution in [-0.4, -0.2) is 210 Å². The predicted molar refractivity (Wildman–Crippen MR) is 369 cm³/mol. The van der Waals surface area contributed by atoms with Gasteiger partial charge < -0.3 is 69.8 Å². The summed E-state index contributed by atoms with van der Waals surface area (Å²) >= 11 is 6.57. The van der Waals surface area contributed by atoms with Crippen molar-refractivity contribution in [2.45, 2.75) is 90.0 Å². The third-order valence-corrected chi connectivity index (χ3v) is 17.8. The number of benzene rings is 4. The van der Waals surface area contributed by atoms with Crippen LogP contribution in [0, 0.1) is 11.8 Å². The van der Waals surface area contributed by atoms with Crippen LogP contribution in [0.2, 0.25) is 0 Å². The lowest BCUT2D eigenvalue weighted by Crippen LogP contribution is -2.48. The van der Waals surface area contributed by atoms with Gasteiger partial charge in [0.2, 0.25) is 17.7 Å². The fourth-order valence-electron chi connectivity index (χ4n) is 11.9. The Morgan fingerprint density at radius 2 is 1.30 bits per heavy atom. The Morgan fingerprint density at radius 1 is 0.667 bits per heavy atom. The molecule has 0 radical (unpaired) electrons. The number of nitrogens with zero attached hydrogens (tertiary/aromatic N) is 4. The molecular formula is C72H90ClN9O17. The summed E-state index contributed by atoms with van der Waals surface area (Å²) in [5, 5.41) is 13.1. The van der Waals surface area contributed by atoms with Crippen molar-refractivity contribution in [2.75, 3.05) is 130 Å². The number of urea groups is 1. The Bertz CT molecular complexity index is 3680. The summed E-state index contributed by atoms with van der Waals surface area (Å²) in [5.41, 5.74) is 8.88. The van der Waals surface area contributed by atoms with Crippen LogP contribution in [0.3, 0.4) is 0 Å². The minimum absolute atomic E-state index is 0.0127. The molecule has 532 valence electrons. The van der Waals surface area contributed by atoms with E-state index in [1.165, 1.54) is 12.2 Å². The lowest BCUT2D eigenvalue weighted by atomic mass is 9.89. The zero-order valence-electron chi connectivity index (χ0n) is 56.5. The first-order valence-electron chi connectivity index (χ1n) is 33.8. The van der Waals surface area contributed by atoms with Crippen LogP contribution in [0.15, 0.2) is 95.4 Å². The number of amides is 9. The molecule has 3 aliphatic rings. The van der Waals surface area contributed by atoms with Crippen molar-refractivity contribution in [2.24, 2.45) is 17.6 Å². The number of ketones is 3. The molecule has 3 atom stereocenters. The molecule has 1 saturated heterocycles. The molecular weight excluding hydrogens is 1300 g/mol. The number of rotatable bonds is 41. The fraction of sp³-hybridized carbons (Fsp3) is 0.486. The van der Waals surface area contributed by atoms with E-state index in [4.69, 9.17) is 45.4 Å². The fourth-order valence-corrected chi connectivity index (χ4v) is 12.1. The molecule has 4 heterocycles. The van der Waals surface area contributed by atoms with Crippen LogP contribution >= 0.6 is 11.6 Å². The molecule has 2 unspecified atom stereocenters. The smallest absolute Gasteiger partial charge is 0.415 e. The summed E-state index contributed by atoms with van der Waals surface area (Å²) in [6.45, 7) is 9.59. The number of piperazine rings is 1. The molecule has 5 aromatic rings. The molecule has 0 aliphatic carbocycles. The van der Waals surface area contributed by atoms with E-state index in [-0.39, 0.29) is 144 Å². The van der Waals surface area contributed by atoms with E-state index in [0.717, 1.165) is 34.3 Å². The van der Waals surface area contributed by atoms with Gasteiger partial charge in [0.1, 0.15) is 17.1 Å². The molecule has 0 bridgehead atoms. The summed E-state index contributed by atoms with van der Waals surface area (Å²) < 4.78 is 34.1. The average Bonchev–Trinajstić information content (AvgIpc) is 1.63. The highest BCUT2D eigenvalue weighted by atomic mass is 35.5. The van der Waals surface area contributed by atoms with E-state index in [2.05, 4.69) is 26.2 Å². The van der Waals surface area contributed by atoms with Gasteiger partial charge in [-0.15, -0.1) is 11.6 Å². The first-order valence-corrected chi connectivity index (χ1v) is 34.3. The summed E-state index contributed by atoms with van der Waals surface area (Å²) in [7, 11) is 2.01. The number of nitrogens with two attached hydrogens (primary N) is 1. The molecule has 3 aliphatic heterocycles. The van der Waals surface area contributed by atoms with Crippen LogP contribution in [-0.2, 0) is 65.4 Å². The summed E-state index contributed by atoms with van der Waals surface area (Å²) in [6, 6.07) is 21.3. The second kappa shape index (κ2) is 38.4. The highest BCUT2D eigenvalue weighted by Gasteiger charge is 2.37. The number of carbonyl (C=O) groups is 11. The second-order valence-corrected chi connectivity index (χ2v) is 25.3. The number of imide groups is 1. The van der Waals surface area contributed by atoms with E-state index in [9.17, 15) is 52.7 Å². The van der Waals surface area contributed by atoms with E-state index < -0.39 is 47.7 Å². The number of hydrogen-bond donors (Lipinski definition) is 5. The summed E-state index contributed by atoms with van der Waals surface area (Å²) in [5.74, 6) is -3.10. The Balaban J connectivity index is 0.722. The monoisotopic (exact) mass is 1390 g/mol. The molecule has 99 heavy (non-hydrogen) atoms. The number of anilines is 1. The lowest BCUT2D eigenvalue weighted by molar-refractivity contribution is -0.137. The molecule has 26 nitrogen and oxygen atoms in total. The van der Waals surface area contributed by atoms with Crippen molar-refractivity contribution in [3.63, 3.8) is 0 Å². The number of hydrogen-bond acceptors (Lipinski definition) is 18. The third kappa shape index (κ3) is 22.8. The molecule has 1 fully saturated rings. The second-order valence-electron chi connectivity index (χ2n) is 25.0. The number of nitrogens with one attached hydrogen (secondary N) is 4. The van der Waals surface area contributed by atoms with E-state index in [0.29, 0.717) is 111 Å². The van der Waals surface area contributed by atoms with Gasteiger partial charge in [0.25, 0.3) is 17.7 Å². The number of alkyl halides is 1. The van der Waals surface area contributed by atoms with E-state index >= 15 is 0 Å². The number of ether oxygens (including phenoxy) is 5. The minimum atomic E-state index is -0.945. The first-order chi connectivity index (χ1) is 47.8. The summed E-state index contributed by atoms with van der Waals surface area (Å²) in [4.78, 5) is 148. The molecule has 4 aromatic carbocycles. The van der Waals surface area contributed by atoms with E-state index in [1.807, 2.05) is 45.2 Å². The Kier molecular flexibility index (Phi) is 29.5. The molecule has 27 heteroatoms. The minimum Gasteiger partial charge on any atom is -0.451 e. The highest BCUT2D eigenvalue weighted by molar-refractivity contribution is 6.19. The van der Waals surface area contributed by atoms with Gasteiger partial charge in [-0.3, -0.25) is 48.1 Å². The van der Waals surface area contributed by atoms with Gasteiger partial charge in [0.15, 0.2) is 17.3 Å². The summed E-state index contributed by atoms with van der Waals surface area (Å²) in [6.07, 6.45) is 3.62. The van der Waals surface area contributed by atoms with Gasteiger partial charge in [-0.05, 0) is 78.9 Å². The number of fused-ring (bicyclic) bond motifs is 4. The molecule has 0 saturated carbocycles. The molecule has 8 rings (SSSR count). The van der Waals surface area contributed by atoms with Crippen molar-refractivity contribution in [3.05, 3.63) is 119 Å². The average molecular weight is 1390 g/mol. The van der Waals surface area contributed by atoms with Crippen molar-refractivity contribution < 1.29 is 80.8 Å². The lowest BCUT2D eigenvalue weighted by Gasteiger charge is -2.31. The maximum absolute atomic E-state index is 14.5. The van der Waals surface area contributed by atoms with Crippen molar-refractivity contribution in [1.82, 2.24) is 36.0 Å². The van der Waals surface area contributed by atoms with Crippen LogP contribution in [0.25, 0.3) is 21.7 Å². The van der Waals surface area contributed by atoms with Gasteiger partial charge >= 0.3 is 12.1 Å². The normalized spacial score (nSPS) is 15.2. The predicted octanol–water partition coefficient (Wildman–Crippen LogP) is 6.19. The SMILES string of the molecule is CC(C)C(CCC(=O)NCCNC(=O)CCOCCOCCOCCOCCCC(=O)CCN1C(=O)C=CC1=O)C(=O)NC(CCCNC(N)=O)C(=O)Cc1ccc(C(=O)Cc2ccc3oc(C(=O)N4C[C@@H](CCl)c5c4cc(OC(=O)N4CCN(C)CC4)c4ccccc54)cc3c2)cc1. The molecule has 0 spiro atoms. The van der Waals surface area contributed by atoms with Crippen LogP contribution in [0.1, 0.15) is 109 Å². The number of primary amides is 1. The topological polar surface area (TPSA) is 334 Å². The maximum Gasteiger partial charge on any atom is 0.415 e. The third-order valence-electron chi connectivity index (χ3n) is 17.4. The van der Waals surface area contributed by atoms with E-state index in [1.54, 1.807) is 64.4 Å². The number of halogens is 1. The highest BCUT2D eigenvalue weighted by Crippen LogP contribution is 2.46. The number of Topliss-reactive ketones (excluding diaryl/α,β-unsaturated/α-hetero) is 3. The molecule has 6 N–H and O–H groups in total. The van der Waals surface area contributed by atoms with Crippen LogP contribution in [0.4, 0.5) is 15.3 Å². The van der Waals surface area contributed by atoms with Gasteiger partial charge in [0, 0.05) is 156 Å². The quantitative estimate of drug-likeness (QED) is 0.0126. The standard InChI is InChI=1S/C72H90ClN9O17/c1-47(2)54(17-19-64(86)75-25-26-76-65(87)23-33-95-35-37-97-39-38-96-36-34-94-32-7-8-53(83)22-27-81-66(88)20-21-67(81)89)69(90)78-57(11-6-24-77-71(74)92)60(85)41-48-12-15-50(16-13-48)59(84)42-49-14-18-61-51(40-49)43-63(98-61)70(91)82-46-52(45-73)68-56-10-5-4-9-55(56)62(44-58(68)82)99-72(93)80-30-28-79(3)29-31-80/h4-5,9-10,12-16,18,20-21,40,43-44,47,52,54,57H,6-8,11,17,19,22-39,41-42,45-46H2,1-3H3,(H,75,86)(H,76,87)(H,78,90)(H3,74,77,92)/t52-,54?,57?/m1/s1. The Labute approximate surface area is 580 Å². The largest absolute Gasteiger partial charge is 0.451 e. The van der Waals surface area contributed by atoms with Crippen LogP contribution in [0.5, 0.6) is 5.75 Å². The molecule has 9 amide bonds. The van der Waals surface area contributed by atoms with Gasteiger partial charge in [0.05, 0.1) is 58.0 Å². The zero-order valence-corrected chi connectivity index (χ0v) is 57.2. The number of carbonyl (C=O) groups excluding carboxylic acids is 11. The number of furan rings is 1. The van der Waals surface area contributed by atoms with Crippen LogP contribution < -0.4 is 36.6 Å². The number of likely N-dealkylation sites (N-methyl/N-ethyl adjacent to an activating group) is 1.